The number of primary amides is 1. The second kappa shape index (κ2) is 7.08. The summed E-state index contributed by atoms with van der Waals surface area (Å²) in [6, 6.07) is 5.20. The summed E-state index contributed by atoms with van der Waals surface area (Å²) < 4.78 is 5.62. The van der Waals surface area contributed by atoms with Gasteiger partial charge in [-0.05, 0) is 24.6 Å². The zero-order valence-electron chi connectivity index (χ0n) is 11.7. The highest BCUT2D eigenvalue weighted by Crippen LogP contribution is 2.30. The Hall–Kier alpha value is -2.08. The molecule has 1 heterocycles. The lowest BCUT2D eigenvalue weighted by molar-refractivity contribution is 0.0996. The minimum atomic E-state index is -0.644. The molecule has 1 amide bonds. The number of nitrogens with zero attached hydrogens (tertiary/aromatic N) is 2. The van der Waals surface area contributed by atoms with Crippen molar-refractivity contribution in [2.24, 2.45) is 5.73 Å². The molecular weight excluding hydrogens is 292 g/mol. The van der Waals surface area contributed by atoms with Crippen molar-refractivity contribution in [3.8, 4) is 17.0 Å². The van der Waals surface area contributed by atoms with E-state index in [0.29, 0.717) is 28.6 Å². The number of H-pyrrole nitrogens is 1. The van der Waals surface area contributed by atoms with Gasteiger partial charge in [0.2, 0.25) is 0 Å². The van der Waals surface area contributed by atoms with Crippen LogP contribution in [0.15, 0.2) is 18.2 Å². The quantitative estimate of drug-likeness (QED) is 0.769. The van der Waals surface area contributed by atoms with Crippen LogP contribution in [-0.4, -0.2) is 27.9 Å². The zero-order chi connectivity index (χ0) is 15.2. The van der Waals surface area contributed by atoms with Gasteiger partial charge >= 0.3 is 0 Å². The van der Waals surface area contributed by atoms with Gasteiger partial charge in [-0.1, -0.05) is 31.4 Å². The van der Waals surface area contributed by atoms with Crippen molar-refractivity contribution in [2.75, 3.05) is 6.61 Å². The van der Waals surface area contributed by atoms with Crippen molar-refractivity contribution in [3.05, 3.63) is 28.9 Å². The zero-order valence-corrected chi connectivity index (χ0v) is 12.5. The molecule has 6 nitrogen and oxygen atoms in total. The van der Waals surface area contributed by atoms with E-state index < -0.39 is 5.91 Å². The number of carbonyl (C=O) groups is 1. The van der Waals surface area contributed by atoms with E-state index in [2.05, 4.69) is 22.3 Å². The molecule has 3 N–H and O–H groups in total. The van der Waals surface area contributed by atoms with Crippen LogP contribution in [0, 0.1) is 0 Å². The summed E-state index contributed by atoms with van der Waals surface area (Å²) >= 11 is 6.19. The molecule has 112 valence electrons. The van der Waals surface area contributed by atoms with Gasteiger partial charge in [-0.2, -0.15) is 15.4 Å². The number of hydrogen-bond donors (Lipinski definition) is 2. The molecule has 7 heteroatoms. The van der Waals surface area contributed by atoms with Gasteiger partial charge < -0.3 is 10.5 Å². The van der Waals surface area contributed by atoms with Gasteiger partial charge in [0.1, 0.15) is 11.4 Å². The Morgan fingerprint density at radius 1 is 1.38 bits per heavy atom. The van der Waals surface area contributed by atoms with Crippen molar-refractivity contribution in [3.63, 3.8) is 0 Å². The van der Waals surface area contributed by atoms with Crippen LogP contribution in [0.25, 0.3) is 11.3 Å². The second-order valence-corrected chi connectivity index (χ2v) is 4.99. The maximum Gasteiger partial charge on any atom is 0.271 e. The minimum absolute atomic E-state index is 0.0858. The van der Waals surface area contributed by atoms with E-state index in [1.54, 1.807) is 18.2 Å². The van der Waals surface area contributed by atoms with E-state index >= 15 is 0 Å². The number of aromatic amines is 1. The van der Waals surface area contributed by atoms with Crippen LogP contribution in [0.2, 0.25) is 5.02 Å². The number of hydrogen-bond acceptors (Lipinski definition) is 4. The molecule has 0 atom stereocenters. The fourth-order valence-electron chi connectivity index (χ4n) is 1.90. The van der Waals surface area contributed by atoms with Crippen molar-refractivity contribution < 1.29 is 9.53 Å². The van der Waals surface area contributed by atoms with Gasteiger partial charge in [0, 0.05) is 5.56 Å². The molecule has 0 spiro atoms. The van der Waals surface area contributed by atoms with Crippen molar-refractivity contribution in [1.82, 2.24) is 15.4 Å². The van der Waals surface area contributed by atoms with Crippen LogP contribution in [0.1, 0.15) is 36.7 Å². The largest absolute Gasteiger partial charge is 0.492 e. The Balaban J connectivity index is 2.15. The van der Waals surface area contributed by atoms with Gasteiger partial charge in [-0.3, -0.25) is 4.79 Å². The normalized spacial score (nSPS) is 10.6. The average molecular weight is 309 g/mol. The highest BCUT2D eigenvalue weighted by atomic mass is 35.5. The van der Waals surface area contributed by atoms with Gasteiger partial charge in [-0.25, -0.2) is 0 Å². The van der Waals surface area contributed by atoms with Gasteiger partial charge in [0.25, 0.3) is 5.91 Å². The minimum Gasteiger partial charge on any atom is -0.492 e. The maximum absolute atomic E-state index is 11.3. The van der Waals surface area contributed by atoms with Crippen molar-refractivity contribution >= 4 is 17.5 Å². The Bertz CT molecular complexity index is 627. The first-order chi connectivity index (χ1) is 10.1. The van der Waals surface area contributed by atoms with E-state index in [0.717, 1.165) is 19.3 Å². The van der Waals surface area contributed by atoms with Crippen LogP contribution >= 0.6 is 11.6 Å². The highest BCUT2D eigenvalue weighted by molar-refractivity contribution is 6.32. The molecule has 2 rings (SSSR count). The first-order valence-corrected chi connectivity index (χ1v) is 7.14. The van der Waals surface area contributed by atoms with E-state index in [9.17, 15) is 4.79 Å². The number of rotatable bonds is 7. The summed E-state index contributed by atoms with van der Waals surface area (Å²) in [6.45, 7) is 2.76. The van der Waals surface area contributed by atoms with Crippen LogP contribution in [0.5, 0.6) is 5.75 Å². The molecule has 0 aliphatic heterocycles. The Morgan fingerprint density at radius 3 is 2.86 bits per heavy atom. The monoisotopic (exact) mass is 308 g/mol. The number of nitrogens with two attached hydrogens (primary N) is 1. The smallest absolute Gasteiger partial charge is 0.271 e. The third kappa shape index (κ3) is 3.72. The summed E-state index contributed by atoms with van der Waals surface area (Å²) in [6.07, 6.45) is 3.25. The predicted molar refractivity (Wildman–Crippen MR) is 80.4 cm³/mol. The number of amides is 1. The van der Waals surface area contributed by atoms with Gasteiger partial charge in [-0.15, -0.1) is 0 Å². The number of carbonyl (C=O) groups excluding carboxylic acids is 1. The standard InChI is InChI=1S/C14H17ClN4O2/c1-2-3-4-7-21-11-6-5-9(8-10(11)15)12-13(14(16)20)18-19-17-12/h5-6,8H,2-4,7H2,1H3,(H2,16,20)(H,17,18,19). The number of halogens is 1. The molecule has 0 aliphatic rings. The number of aromatic nitrogens is 3. The summed E-state index contributed by atoms with van der Waals surface area (Å²) in [7, 11) is 0. The lowest BCUT2D eigenvalue weighted by atomic mass is 10.1. The summed E-state index contributed by atoms with van der Waals surface area (Å²) in [4.78, 5) is 11.3. The Kier molecular flexibility index (Phi) is 5.16. The summed E-state index contributed by atoms with van der Waals surface area (Å²) in [5.74, 6) is -0.0320. The first kappa shape index (κ1) is 15.3. The fourth-order valence-corrected chi connectivity index (χ4v) is 2.14. The number of ether oxygens (including phenoxy) is 1. The van der Waals surface area contributed by atoms with Crippen molar-refractivity contribution in [2.45, 2.75) is 26.2 Å². The molecule has 0 saturated heterocycles. The fraction of sp³-hybridized carbons (Fsp3) is 0.357. The van der Waals surface area contributed by atoms with E-state index in [4.69, 9.17) is 22.1 Å². The van der Waals surface area contributed by atoms with Crippen molar-refractivity contribution in [1.29, 1.82) is 0 Å². The summed E-state index contributed by atoms with van der Waals surface area (Å²) in [5.41, 5.74) is 6.36. The Morgan fingerprint density at radius 2 is 2.19 bits per heavy atom. The molecule has 0 saturated carbocycles. The predicted octanol–water partition coefficient (Wildman–Crippen LogP) is 2.79. The lowest BCUT2D eigenvalue weighted by Crippen LogP contribution is -2.12. The van der Waals surface area contributed by atoms with E-state index in [1.807, 2.05) is 0 Å². The third-order valence-electron chi connectivity index (χ3n) is 2.99. The third-order valence-corrected chi connectivity index (χ3v) is 3.29. The number of unbranched alkanes of at least 4 members (excludes halogenated alkanes) is 2. The van der Waals surface area contributed by atoms with Crippen LogP contribution in [0.4, 0.5) is 0 Å². The van der Waals surface area contributed by atoms with Gasteiger partial charge in [0.05, 0.1) is 11.6 Å². The molecule has 0 aliphatic carbocycles. The molecule has 0 bridgehead atoms. The van der Waals surface area contributed by atoms with Gasteiger partial charge in [0.15, 0.2) is 5.69 Å². The number of benzene rings is 1. The molecular formula is C14H17ClN4O2. The lowest BCUT2D eigenvalue weighted by Gasteiger charge is -2.08. The molecule has 21 heavy (non-hydrogen) atoms. The van der Waals surface area contributed by atoms with Crippen LogP contribution < -0.4 is 10.5 Å². The average Bonchev–Trinajstić information content (AvgIpc) is 2.94. The topological polar surface area (TPSA) is 93.9 Å². The van der Waals surface area contributed by atoms with E-state index in [-0.39, 0.29) is 5.69 Å². The molecule has 0 unspecified atom stereocenters. The summed E-state index contributed by atoms with van der Waals surface area (Å²) in [5, 5.41) is 10.5. The molecule has 1 aromatic heterocycles. The molecule has 2 aromatic rings. The van der Waals surface area contributed by atoms with E-state index in [1.165, 1.54) is 0 Å². The first-order valence-electron chi connectivity index (χ1n) is 6.76. The maximum atomic E-state index is 11.3. The second-order valence-electron chi connectivity index (χ2n) is 4.59. The molecule has 0 radical (unpaired) electrons. The number of nitrogens with one attached hydrogen (secondary N) is 1. The molecule has 1 aromatic carbocycles. The van der Waals surface area contributed by atoms with Crippen LogP contribution in [0.3, 0.4) is 0 Å². The SMILES string of the molecule is CCCCCOc1ccc(-c2n[nH]nc2C(N)=O)cc1Cl. The molecule has 0 fully saturated rings. The van der Waals surface area contributed by atoms with Crippen LogP contribution in [-0.2, 0) is 0 Å². The highest BCUT2D eigenvalue weighted by Gasteiger charge is 2.16. The Labute approximate surface area is 127 Å².